The van der Waals surface area contributed by atoms with E-state index in [-0.39, 0.29) is 11.9 Å². The predicted octanol–water partition coefficient (Wildman–Crippen LogP) is 2.25. The fourth-order valence-electron chi connectivity index (χ4n) is 2.82. The van der Waals surface area contributed by atoms with Crippen molar-refractivity contribution >= 4 is 11.6 Å². The van der Waals surface area contributed by atoms with E-state index < -0.39 is 0 Å². The van der Waals surface area contributed by atoms with Gasteiger partial charge >= 0.3 is 0 Å². The number of hydrogen-bond acceptors (Lipinski definition) is 6. The van der Waals surface area contributed by atoms with Gasteiger partial charge in [0.15, 0.2) is 0 Å². The van der Waals surface area contributed by atoms with Gasteiger partial charge in [-0.3, -0.25) is 14.5 Å². The zero-order valence-electron chi connectivity index (χ0n) is 15.7. The fourth-order valence-corrected chi connectivity index (χ4v) is 2.82. The molecule has 1 N–H and O–H groups in total. The Hall–Kier alpha value is -3.03. The number of amides is 1. The first-order valence-corrected chi connectivity index (χ1v) is 9.08. The molecule has 2 aromatic rings. The van der Waals surface area contributed by atoms with Crippen LogP contribution in [0.5, 0.6) is 0 Å². The molecule has 0 saturated carbocycles. The molecule has 8 heteroatoms. The maximum absolute atomic E-state index is 12.4. The largest absolute Gasteiger partial charge is 0.345 e. The minimum Gasteiger partial charge on any atom is -0.345 e. The number of rotatable bonds is 4. The summed E-state index contributed by atoms with van der Waals surface area (Å²) in [7, 11) is 1.78. The highest BCUT2D eigenvalue weighted by Crippen LogP contribution is 2.14. The van der Waals surface area contributed by atoms with Crippen LogP contribution in [0.2, 0.25) is 0 Å². The molecule has 1 amide bonds. The molecule has 8 nitrogen and oxygen atoms in total. The highest BCUT2D eigenvalue weighted by Gasteiger charge is 2.18. The smallest absolute Gasteiger partial charge is 0.254 e. The van der Waals surface area contributed by atoms with Gasteiger partial charge in [0, 0.05) is 32.6 Å². The molecule has 1 unspecified atom stereocenters. The van der Waals surface area contributed by atoms with Gasteiger partial charge in [0.2, 0.25) is 11.7 Å². The van der Waals surface area contributed by atoms with E-state index in [9.17, 15) is 4.79 Å². The summed E-state index contributed by atoms with van der Waals surface area (Å²) in [6, 6.07) is -0.137. The number of carbonyl (C=O) groups excluding carboxylic acids is 1. The van der Waals surface area contributed by atoms with Crippen LogP contribution in [-0.2, 0) is 13.5 Å². The molecule has 3 heterocycles. The Bertz CT molecular complexity index is 876. The van der Waals surface area contributed by atoms with Crippen LogP contribution in [0.4, 0.5) is 0 Å². The van der Waals surface area contributed by atoms with Gasteiger partial charge in [-0.05, 0) is 18.4 Å². The maximum Gasteiger partial charge on any atom is 0.254 e. The molecule has 2 aromatic heterocycles. The first-order chi connectivity index (χ1) is 13.1. The number of aryl methyl sites for hydroxylation is 2. The van der Waals surface area contributed by atoms with E-state index >= 15 is 0 Å². The molecule has 1 aliphatic heterocycles. The molecule has 0 aliphatic carbocycles. The van der Waals surface area contributed by atoms with Gasteiger partial charge in [-0.15, -0.1) is 0 Å². The van der Waals surface area contributed by atoms with E-state index in [2.05, 4.69) is 32.1 Å². The van der Waals surface area contributed by atoms with Gasteiger partial charge in [-0.2, -0.15) is 10.1 Å². The highest BCUT2D eigenvalue weighted by molar-refractivity contribution is 5.98. The van der Waals surface area contributed by atoms with Crippen LogP contribution in [0.1, 0.15) is 48.3 Å². The second kappa shape index (κ2) is 8.57. The summed E-state index contributed by atoms with van der Waals surface area (Å²) >= 11 is 0. The van der Waals surface area contributed by atoms with E-state index in [0.717, 1.165) is 24.1 Å². The Morgan fingerprint density at radius 2 is 2.33 bits per heavy atom. The molecular formula is C19H24N6O2. The van der Waals surface area contributed by atoms with Gasteiger partial charge in [0.05, 0.1) is 23.5 Å². The number of allylic oxidation sites excluding steroid dienone is 1. The maximum atomic E-state index is 12.4. The average Bonchev–Trinajstić information content (AvgIpc) is 3.31. The van der Waals surface area contributed by atoms with Crippen molar-refractivity contribution in [1.82, 2.24) is 25.2 Å². The number of aliphatic imine (C=N–C) groups is 1. The summed E-state index contributed by atoms with van der Waals surface area (Å²) in [5.74, 6) is 1.00. The van der Waals surface area contributed by atoms with Gasteiger partial charge in [0.1, 0.15) is 0 Å². The SMILES string of the molecule is C=C1/C=C\C/C(c2noc(CC)n2)=N\CCCC1NC(=O)c1cnn(C)c1. The third kappa shape index (κ3) is 4.78. The number of carbonyl (C=O) groups is 1. The molecule has 0 spiro atoms. The summed E-state index contributed by atoms with van der Waals surface area (Å²) in [4.78, 5) is 21.4. The second-order valence-corrected chi connectivity index (χ2v) is 6.45. The van der Waals surface area contributed by atoms with Crippen molar-refractivity contribution in [2.24, 2.45) is 12.0 Å². The van der Waals surface area contributed by atoms with E-state index in [0.29, 0.717) is 36.7 Å². The molecule has 0 bridgehead atoms. The third-order valence-electron chi connectivity index (χ3n) is 4.35. The lowest BCUT2D eigenvalue weighted by molar-refractivity contribution is 0.0941. The minimum atomic E-state index is -0.150. The van der Waals surface area contributed by atoms with Crippen LogP contribution >= 0.6 is 0 Å². The summed E-state index contributed by atoms with van der Waals surface area (Å²) in [5, 5.41) is 11.1. The van der Waals surface area contributed by atoms with Crippen molar-refractivity contribution < 1.29 is 9.32 Å². The molecule has 0 radical (unpaired) electrons. The van der Waals surface area contributed by atoms with Crippen molar-refractivity contribution in [2.75, 3.05) is 6.54 Å². The lowest BCUT2D eigenvalue weighted by atomic mass is 10.0. The Morgan fingerprint density at radius 3 is 3.04 bits per heavy atom. The Balaban J connectivity index is 1.66. The van der Waals surface area contributed by atoms with E-state index in [1.54, 1.807) is 24.1 Å². The normalized spacial score (nSPS) is 21.3. The molecule has 0 fully saturated rings. The quantitative estimate of drug-likeness (QED) is 0.892. The van der Waals surface area contributed by atoms with Crippen LogP contribution in [0.3, 0.4) is 0 Å². The first-order valence-electron chi connectivity index (χ1n) is 9.08. The molecule has 142 valence electrons. The molecule has 0 saturated heterocycles. The van der Waals surface area contributed by atoms with E-state index in [1.165, 1.54) is 0 Å². The van der Waals surface area contributed by atoms with Crippen molar-refractivity contribution in [3.8, 4) is 0 Å². The molecule has 1 atom stereocenters. The number of hydrogen-bond donors (Lipinski definition) is 1. The Kier molecular flexibility index (Phi) is 5.95. The van der Waals surface area contributed by atoms with Crippen molar-refractivity contribution in [3.05, 3.63) is 54.0 Å². The zero-order chi connectivity index (χ0) is 19.2. The molecule has 1 aliphatic rings. The zero-order valence-corrected chi connectivity index (χ0v) is 15.7. The highest BCUT2D eigenvalue weighted by atomic mass is 16.5. The van der Waals surface area contributed by atoms with Crippen molar-refractivity contribution in [3.63, 3.8) is 0 Å². The lowest BCUT2D eigenvalue weighted by Gasteiger charge is -2.19. The number of nitrogens with one attached hydrogen (secondary N) is 1. The summed E-state index contributed by atoms with van der Waals surface area (Å²) in [6.07, 6.45) is 10.00. The summed E-state index contributed by atoms with van der Waals surface area (Å²) in [5.41, 5.74) is 2.20. The van der Waals surface area contributed by atoms with Gasteiger partial charge in [-0.25, -0.2) is 0 Å². The van der Waals surface area contributed by atoms with E-state index in [1.807, 2.05) is 19.1 Å². The Labute approximate surface area is 158 Å². The van der Waals surface area contributed by atoms with Crippen LogP contribution in [0.25, 0.3) is 0 Å². The Morgan fingerprint density at radius 1 is 1.48 bits per heavy atom. The van der Waals surface area contributed by atoms with Crippen molar-refractivity contribution in [2.45, 2.75) is 38.6 Å². The minimum absolute atomic E-state index is 0.137. The molecule has 3 rings (SSSR count). The summed E-state index contributed by atoms with van der Waals surface area (Å²) < 4.78 is 6.79. The van der Waals surface area contributed by atoms with Gasteiger partial charge in [-0.1, -0.05) is 30.8 Å². The molecule has 0 aromatic carbocycles. The summed E-state index contributed by atoms with van der Waals surface area (Å²) in [6.45, 7) is 6.72. The first kappa shape index (κ1) is 18.8. The fraction of sp³-hybridized carbons (Fsp3) is 0.421. The monoisotopic (exact) mass is 368 g/mol. The third-order valence-corrected chi connectivity index (χ3v) is 4.35. The predicted molar refractivity (Wildman–Crippen MR) is 102 cm³/mol. The lowest BCUT2D eigenvalue weighted by Crippen LogP contribution is -2.35. The van der Waals surface area contributed by atoms with Crippen LogP contribution in [-0.4, -0.2) is 44.1 Å². The van der Waals surface area contributed by atoms with Gasteiger partial charge in [0.25, 0.3) is 5.91 Å². The molecule has 27 heavy (non-hydrogen) atoms. The van der Waals surface area contributed by atoms with Gasteiger partial charge < -0.3 is 9.84 Å². The number of aromatic nitrogens is 4. The standard InChI is InChI=1S/C19H24N6O2/c1-4-17-23-18(24-27-17)16-8-5-7-13(2)15(9-6-10-20-16)22-19(26)14-11-21-25(3)12-14/h5,7,11-12,15H,2,4,6,8-10H2,1,3H3,(H,22,26)/b7-5-,20-16+. The average molecular weight is 368 g/mol. The number of nitrogens with zero attached hydrogens (tertiary/aromatic N) is 5. The molecular weight excluding hydrogens is 344 g/mol. The van der Waals surface area contributed by atoms with Crippen LogP contribution < -0.4 is 5.32 Å². The second-order valence-electron chi connectivity index (χ2n) is 6.45. The topological polar surface area (TPSA) is 98.2 Å². The van der Waals surface area contributed by atoms with Crippen LogP contribution in [0, 0.1) is 0 Å². The van der Waals surface area contributed by atoms with Crippen molar-refractivity contribution in [1.29, 1.82) is 0 Å². The van der Waals surface area contributed by atoms with Crippen LogP contribution in [0.15, 0.2) is 46.2 Å². The van der Waals surface area contributed by atoms with E-state index in [4.69, 9.17) is 4.52 Å².